The number of hydrazine groups is 1. The minimum absolute atomic E-state index is 0.0794. The van der Waals surface area contributed by atoms with E-state index < -0.39 is 11.8 Å². The zero-order valence-corrected chi connectivity index (χ0v) is 20.2. The fraction of sp³-hybridized carbons (Fsp3) is 0.286. The molecule has 2 aromatic carbocycles. The molecule has 2 amide bonds. The number of para-hydroxylation sites is 1. The first-order valence-corrected chi connectivity index (χ1v) is 11.0. The highest BCUT2D eigenvalue weighted by Crippen LogP contribution is 2.24. The van der Waals surface area contributed by atoms with Crippen LogP contribution in [0, 0.1) is 5.92 Å². The Labute approximate surface area is 199 Å². The molecule has 0 atom stereocenters. The van der Waals surface area contributed by atoms with Crippen molar-refractivity contribution in [3.05, 3.63) is 57.5 Å². The molecule has 2 aromatic rings. The lowest BCUT2D eigenvalue weighted by molar-refractivity contribution is -0.123. The Bertz CT molecular complexity index is 943. The molecular formula is C21H23BrClN3O4S. The van der Waals surface area contributed by atoms with Gasteiger partial charge in [0.25, 0.3) is 11.8 Å². The van der Waals surface area contributed by atoms with Crippen molar-refractivity contribution in [1.82, 2.24) is 16.2 Å². The SMILES string of the molecule is CC(C)CCOc1ccc(Br)cc1C(=O)NC(=S)NNC(=O)COc1ccccc1Cl. The third kappa shape index (κ3) is 8.72. The van der Waals surface area contributed by atoms with Gasteiger partial charge in [-0.25, -0.2) is 0 Å². The zero-order chi connectivity index (χ0) is 22.8. The number of ether oxygens (including phenoxy) is 2. The third-order valence-electron chi connectivity index (χ3n) is 3.88. The van der Waals surface area contributed by atoms with E-state index in [4.69, 9.17) is 33.3 Å². The van der Waals surface area contributed by atoms with Crippen molar-refractivity contribution in [3.8, 4) is 11.5 Å². The molecule has 0 bridgehead atoms. The first-order chi connectivity index (χ1) is 14.8. The van der Waals surface area contributed by atoms with Gasteiger partial charge in [0.15, 0.2) is 11.7 Å². The maximum absolute atomic E-state index is 12.6. The highest BCUT2D eigenvalue weighted by molar-refractivity contribution is 9.10. The van der Waals surface area contributed by atoms with Gasteiger partial charge in [0, 0.05) is 4.47 Å². The molecule has 0 radical (unpaired) electrons. The minimum Gasteiger partial charge on any atom is -0.493 e. The lowest BCUT2D eigenvalue weighted by atomic mass is 10.1. The molecule has 0 fully saturated rings. The Balaban J connectivity index is 1.85. The molecule has 2 rings (SSSR count). The summed E-state index contributed by atoms with van der Waals surface area (Å²) < 4.78 is 11.8. The summed E-state index contributed by atoms with van der Waals surface area (Å²) >= 11 is 14.4. The quantitative estimate of drug-likeness (QED) is 0.351. The van der Waals surface area contributed by atoms with E-state index in [-0.39, 0.29) is 11.7 Å². The van der Waals surface area contributed by atoms with Gasteiger partial charge in [0.2, 0.25) is 0 Å². The maximum atomic E-state index is 12.6. The number of amides is 2. The summed E-state index contributed by atoms with van der Waals surface area (Å²) in [4.78, 5) is 24.5. The van der Waals surface area contributed by atoms with E-state index in [0.29, 0.717) is 34.6 Å². The normalized spacial score (nSPS) is 10.4. The van der Waals surface area contributed by atoms with Gasteiger partial charge in [0.05, 0.1) is 17.2 Å². The third-order valence-corrected chi connectivity index (χ3v) is 4.89. The van der Waals surface area contributed by atoms with Crippen LogP contribution >= 0.6 is 39.7 Å². The topological polar surface area (TPSA) is 88.7 Å². The molecule has 0 spiro atoms. The van der Waals surface area contributed by atoms with Crippen LogP contribution in [-0.2, 0) is 4.79 Å². The largest absolute Gasteiger partial charge is 0.493 e. The molecule has 0 aliphatic carbocycles. The van der Waals surface area contributed by atoms with Crippen LogP contribution < -0.4 is 25.6 Å². The van der Waals surface area contributed by atoms with Crippen LogP contribution in [0.2, 0.25) is 5.02 Å². The second-order valence-corrected chi connectivity index (χ2v) is 8.58. The maximum Gasteiger partial charge on any atom is 0.276 e. The van der Waals surface area contributed by atoms with E-state index >= 15 is 0 Å². The van der Waals surface area contributed by atoms with Crippen LogP contribution in [0.1, 0.15) is 30.6 Å². The van der Waals surface area contributed by atoms with Crippen molar-refractivity contribution in [1.29, 1.82) is 0 Å². The second kappa shape index (κ2) is 12.5. The van der Waals surface area contributed by atoms with E-state index in [2.05, 4.69) is 45.9 Å². The zero-order valence-electron chi connectivity index (χ0n) is 17.0. The highest BCUT2D eigenvalue weighted by atomic mass is 79.9. The minimum atomic E-state index is -0.503. The van der Waals surface area contributed by atoms with Crippen molar-refractivity contribution in [2.45, 2.75) is 20.3 Å². The number of hydrogen-bond donors (Lipinski definition) is 3. The average Bonchev–Trinajstić information content (AvgIpc) is 2.72. The lowest BCUT2D eigenvalue weighted by Crippen LogP contribution is -2.49. The molecule has 0 saturated carbocycles. The fourth-order valence-corrected chi connectivity index (χ4v) is 2.97. The Kier molecular flexibility index (Phi) is 10.0. The Hall–Kier alpha value is -2.36. The molecular weight excluding hydrogens is 506 g/mol. The monoisotopic (exact) mass is 527 g/mol. The molecule has 0 heterocycles. The Morgan fingerprint density at radius 1 is 1.10 bits per heavy atom. The van der Waals surface area contributed by atoms with Crippen molar-refractivity contribution >= 4 is 56.7 Å². The molecule has 166 valence electrons. The van der Waals surface area contributed by atoms with Crippen LogP contribution in [0.4, 0.5) is 0 Å². The highest BCUT2D eigenvalue weighted by Gasteiger charge is 2.15. The van der Waals surface area contributed by atoms with Gasteiger partial charge >= 0.3 is 0 Å². The van der Waals surface area contributed by atoms with Gasteiger partial charge in [-0.3, -0.25) is 25.8 Å². The van der Waals surface area contributed by atoms with Gasteiger partial charge < -0.3 is 9.47 Å². The number of hydrogen-bond acceptors (Lipinski definition) is 5. The summed E-state index contributed by atoms with van der Waals surface area (Å²) in [5.41, 5.74) is 5.12. The number of halogens is 2. The number of carbonyl (C=O) groups is 2. The average molecular weight is 529 g/mol. The summed E-state index contributed by atoms with van der Waals surface area (Å²) in [7, 11) is 0. The Morgan fingerprint density at radius 2 is 1.84 bits per heavy atom. The fourth-order valence-electron chi connectivity index (χ4n) is 2.28. The van der Waals surface area contributed by atoms with Crippen molar-refractivity contribution in [3.63, 3.8) is 0 Å². The van der Waals surface area contributed by atoms with E-state index in [1.807, 2.05) is 0 Å². The number of nitrogens with one attached hydrogen (secondary N) is 3. The van der Waals surface area contributed by atoms with Crippen molar-refractivity contribution in [2.75, 3.05) is 13.2 Å². The van der Waals surface area contributed by atoms with Crippen LogP contribution in [0.5, 0.6) is 11.5 Å². The number of carbonyl (C=O) groups excluding carboxylic acids is 2. The van der Waals surface area contributed by atoms with E-state index in [1.54, 1.807) is 42.5 Å². The summed E-state index contributed by atoms with van der Waals surface area (Å²) in [5.74, 6) is 0.336. The van der Waals surface area contributed by atoms with Gasteiger partial charge in [-0.1, -0.05) is 53.5 Å². The number of rotatable bonds is 8. The predicted molar refractivity (Wildman–Crippen MR) is 127 cm³/mol. The molecule has 0 saturated heterocycles. The van der Waals surface area contributed by atoms with Gasteiger partial charge in [-0.2, -0.15) is 0 Å². The van der Waals surface area contributed by atoms with Crippen LogP contribution in [-0.4, -0.2) is 30.1 Å². The van der Waals surface area contributed by atoms with Gasteiger partial charge in [0.1, 0.15) is 11.5 Å². The second-order valence-electron chi connectivity index (χ2n) is 6.85. The molecule has 0 aliphatic heterocycles. The summed E-state index contributed by atoms with van der Waals surface area (Å²) in [6.45, 7) is 4.39. The van der Waals surface area contributed by atoms with E-state index in [9.17, 15) is 9.59 Å². The first kappa shape index (κ1) is 24.9. The Morgan fingerprint density at radius 3 is 2.55 bits per heavy atom. The molecule has 31 heavy (non-hydrogen) atoms. The van der Waals surface area contributed by atoms with Crippen LogP contribution in [0.15, 0.2) is 46.9 Å². The molecule has 10 heteroatoms. The molecule has 3 N–H and O–H groups in total. The molecule has 0 aliphatic rings. The summed E-state index contributed by atoms with van der Waals surface area (Å²) in [6, 6.07) is 11.9. The molecule has 0 unspecified atom stereocenters. The van der Waals surface area contributed by atoms with Crippen molar-refractivity contribution < 1.29 is 19.1 Å². The lowest BCUT2D eigenvalue weighted by Gasteiger charge is -2.14. The molecule has 0 aromatic heterocycles. The van der Waals surface area contributed by atoms with Crippen LogP contribution in [0.25, 0.3) is 0 Å². The smallest absolute Gasteiger partial charge is 0.276 e. The number of benzene rings is 2. The van der Waals surface area contributed by atoms with E-state index in [1.165, 1.54) is 0 Å². The van der Waals surface area contributed by atoms with Gasteiger partial charge in [-0.05, 0) is 54.9 Å². The summed E-state index contributed by atoms with van der Waals surface area (Å²) in [6.07, 6.45) is 0.861. The van der Waals surface area contributed by atoms with E-state index in [0.717, 1.165) is 10.9 Å². The summed E-state index contributed by atoms with van der Waals surface area (Å²) in [5, 5.41) is 2.82. The van der Waals surface area contributed by atoms with Crippen LogP contribution in [0.3, 0.4) is 0 Å². The van der Waals surface area contributed by atoms with Gasteiger partial charge in [-0.15, -0.1) is 0 Å². The van der Waals surface area contributed by atoms with Crippen molar-refractivity contribution in [2.24, 2.45) is 5.92 Å². The predicted octanol–water partition coefficient (Wildman–Crippen LogP) is 4.24. The number of thiocarbonyl (C=S) groups is 1. The standard InChI is InChI=1S/C21H23BrClN3O4S/c1-13(2)9-10-29-17-8-7-14(22)11-15(17)20(28)24-21(31)26-25-19(27)12-30-18-6-4-3-5-16(18)23/h3-8,11,13H,9-10,12H2,1-2H3,(H,25,27)(H2,24,26,28,31). The molecule has 7 nitrogen and oxygen atoms in total. The first-order valence-electron chi connectivity index (χ1n) is 9.46.